The van der Waals surface area contributed by atoms with Gasteiger partial charge in [0.05, 0.1) is 14.2 Å². The molecule has 0 unspecified atom stereocenters. The molecule has 2 atom stereocenters. The van der Waals surface area contributed by atoms with Crippen molar-refractivity contribution in [2.45, 2.75) is 51.9 Å². The fraction of sp³-hybridized carbons (Fsp3) is 0.294. The van der Waals surface area contributed by atoms with E-state index in [0.717, 1.165) is 40.2 Å². The van der Waals surface area contributed by atoms with Crippen molar-refractivity contribution in [3.63, 3.8) is 0 Å². The number of amides is 1. The van der Waals surface area contributed by atoms with Gasteiger partial charge in [-0.1, -0.05) is 55.5 Å². The van der Waals surface area contributed by atoms with E-state index in [-0.39, 0.29) is 17.6 Å². The van der Waals surface area contributed by atoms with Crippen LogP contribution in [0.15, 0.2) is 89.3 Å². The molecule has 3 aromatic rings. The molecular formula is C34H36N2O4. The maximum atomic E-state index is 14.0. The predicted octanol–water partition coefficient (Wildman–Crippen LogP) is 6.57. The van der Waals surface area contributed by atoms with E-state index in [4.69, 9.17) is 9.47 Å². The molecule has 6 nitrogen and oxygen atoms in total. The summed E-state index contributed by atoms with van der Waals surface area (Å²) in [6.45, 7) is 6.01. The van der Waals surface area contributed by atoms with Gasteiger partial charge in [-0.05, 0) is 73.1 Å². The van der Waals surface area contributed by atoms with Crippen molar-refractivity contribution < 1.29 is 19.1 Å². The lowest BCUT2D eigenvalue weighted by Crippen LogP contribution is -2.37. The minimum absolute atomic E-state index is 0.0168. The standard InChI is InChI=1S/C34H36N2O4/c1-6-22-11-13-23(14-12-22)32-31(34(38)36-26-10-8-7-9-20(26)2)21(3)35-27-17-25(18-28(37)33(27)32)24-15-16-29(39-4)30(19-24)40-5/h7-16,19,25,32,35H,6,17-18H2,1-5H3,(H,36,38)/t25-,32-/m1/s1. The Morgan fingerprint density at radius 2 is 1.62 bits per heavy atom. The predicted molar refractivity (Wildman–Crippen MR) is 158 cm³/mol. The molecule has 6 heteroatoms. The van der Waals surface area contributed by atoms with E-state index >= 15 is 0 Å². The summed E-state index contributed by atoms with van der Waals surface area (Å²) in [4.78, 5) is 27.8. The van der Waals surface area contributed by atoms with Crippen molar-refractivity contribution in [2.24, 2.45) is 0 Å². The third kappa shape index (κ3) is 5.14. The van der Waals surface area contributed by atoms with E-state index in [2.05, 4.69) is 41.8 Å². The number of Topliss-reactive ketones (excluding diaryl/α,β-unsaturated/α-hetero) is 1. The number of para-hydroxylation sites is 1. The maximum absolute atomic E-state index is 14.0. The summed E-state index contributed by atoms with van der Waals surface area (Å²) < 4.78 is 10.9. The van der Waals surface area contributed by atoms with Gasteiger partial charge >= 0.3 is 0 Å². The zero-order chi connectivity index (χ0) is 28.4. The Hall–Kier alpha value is -4.32. The molecule has 1 aliphatic heterocycles. The number of aryl methyl sites for hydroxylation is 2. The number of ether oxygens (including phenoxy) is 2. The van der Waals surface area contributed by atoms with Crippen molar-refractivity contribution in [1.82, 2.24) is 5.32 Å². The van der Waals surface area contributed by atoms with E-state index in [1.807, 2.05) is 56.3 Å². The average molecular weight is 537 g/mol. The number of dihydropyridines is 1. The maximum Gasteiger partial charge on any atom is 0.254 e. The first kappa shape index (κ1) is 27.3. The molecule has 0 saturated heterocycles. The summed E-state index contributed by atoms with van der Waals surface area (Å²) in [5.74, 6) is 0.672. The highest BCUT2D eigenvalue weighted by Crippen LogP contribution is 2.46. The minimum Gasteiger partial charge on any atom is -0.493 e. The fourth-order valence-electron chi connectivity index (χ4n) is 5.86. The highest BCUT2D eigenvalue weighted by molar-refractivity contribution is 6.10. The molecule has 2 N–H and O–H groups in total. The number of methoxy groups -OCH3 is 2. The van der Waals surface area contributed by atoms with Crippen LogP contribution in [0.3, 0.4) is 0 Å². The van der Waals surface area contributed by atoms with Crippen LogP contribution in [0.4, 0.5) is 5.69 Å². The summed E-state index contributed by atoms with van der Waals surface area (Å²) in [7, 11) is 3.23. The van der Waals surface area contributed by atoms with Crippen molar-refractivity contribution >= 4 is 17.4 Å². The summed E-state index contributed by atoms with van der Waals surface area (Å²) in [5, 5.41) is 6.58. The fourth-order valence-corrected chi connectivity index (χ4v) is 5.86. The van der Waals surface area contributed by atoms with Gasteiger partial charge in [0, 0.05) is 40.6 Å². The van der Waals surface area contributed by atoms with Crippen LogP contribution < -0.4 is 20.1 Å². The van der Waals surface area contributed by atoms with Gasteiger partial charge in [0.25, 0.3) is 5.91 Å². The normalized spacial score (nSPS) is 18.7. The number of carbonyl (C=O) groups is 2. The third-order valence-electron chi connectivity index (χ3n) is 8.07. The lowest BCUT2D eigenvalue weighted by Gasteiger charge is -2.37. The quantitative estimate of drug-likeness (QED) is 0.357. The lowest BCUT2D eigenvalue weighted by molar-refractivity contribution is -0.116. The smallest absolute Gasteiger partial charge is 0.254 e. The highest BCUT2D eigenvalue weighted by Gasteiger charge is 2.41. The number of hydrogen-bond donors (Lipinski definition) is 2. The van der Waals surface area contributed by atoms with E-state index in [9.17, 15) is 9.59 Å². The SMILES string of the molecule is CCc1ccc([C@@H]2C(C(=O)Nc3ccccc3C)=C(C)NC3=C2C(=O)C[C@H](c2ccc(OC)c(OC)c2)C3)cc1. The third-order valence-corrected chi connectivity index (χ3v) is 8.07. The number of nitrogens with one attached hydrogen (secondary N) is 2. The number of anilines is 1. The Morgan fingerprint density at radius 3 is 2.30 bits per heavy atom. The first-order chi connectivity index (χ1) is 19.3. The van der Waals surface area contributed by atoms with Crippen LogP contribution in [0.25, 0.3) is 0 Å². The summed E-state index contributed by atoms with van der Waals surface area (Å²) >= 11 is 0. The summed E-state index contributed by atoms with van der Waals surface area (Å²) in [6, 6.07) is 21.8. The lowest BCUT2D eigenvalue weighted by atomic mass is 9.71. The molecule has 3 aromatic carbocycles. The first-order valence-electron chi connectivity index (χ1n) is 13.8. The van der Waals surface area contributed by atoms with Gasteiger partial charge < -0.3 is 20.1 Å². The Bertz CT molecular complexity index is 1520. The second-order valence-corrected chi connectivity index (χ2v) is 10.5. The largest absolute Gasteiger partial charge is 0.493 e. The van der Waals surface area contributed by atoms with Gasteiger partial charge in [0.15, 0.2) is 17.3 Å². The monoisotopic (exact) mass is 536 g/mol. The topological polar surface area (TPSA) is 76.7 Å². The molecule has 1 heterocycles. The highest BCUT2D eigenvalue weighted by atomic mass is 16.5. The van der Waals surface area contributed by atoms with Gasteiger partial charge in [-0.2, -0.15) is 0 Å². The number of benzene rings is 3. The zero-order valence-corrected chi connectivity index (χ0v) is 23.8. The Kier molecular flexibility index (Phi) is 7.78. The molecule has 0 fully saturated rings. The van der Waals surface area contributed by atoms with Crippen molar-refractivity contribution in [2.75, 3.05) is 19.5 Å². The van der Waals surface area contributed by atoms with Crippen molar-refractivity contribution in [3.8, 4) is 11.5 Å². The van der Waals surface area contributed by atoms with Gasteiger partial charge in [-0.3, -0.25) is 9.59 Å². The number of ketones is 1. The molecule has 5 rings (SSSR count). The molecule has 0 saturated carbocycles. The molecule has 40 heavy (non-hydrogen) atoms. The Morgan fingerprint density at radius 1 is 0.925 bits per heavy atom. The van der Waals surface area contributed by atoms with Gasteiger partial charge in [-0.15, -0.1) is 0 Å². The van der Waals surface area contributed by atoms with Crippen LogP contribution in [-0.2, 0) is 16.0 Å². The molecule has 0 bridgehead atoms. The van der Waals surface area contributed by atoms with Gasteiger partial charge in [0.1, 0.15) is 0 Å². The number of allylic oxidation sites excluding steroid dienone is 3. The number of hydrogen-bond acceptors (Lipinski definition) is 5. The van der Waals surface area contributed by atoms with Crippen LogP contribution in [-0.4, -0.2) is 25.9 Å². The molecule has 0 spiro atoms. The van der Waals surface area contributed by atoms with E-state index in [1.54, 1.807) is 14.2 Å². The molecular weight excluding hydrogens is 500 g/mol. The number of rotatable bonds is 7. The van der Waals surface area contributed by atoms with Gasteiger partial charge in [0.2, 0.25) is 0 Å². The summed E-state index contributed by atoms with van der Waals surface area (Å²) in [6.07, 6.45) is 1.93. The Balaban J connectivity index is 1.55. The second-order valence-electron chi connectivity index (χ2n) is 10.5. The van der Waals surface area contributed by atoms with Gasteiger partial charge in [-0.25, -0.2) is 0 Å². The van der Waals surface area contributed by atoms with Crippen LogP contribution in [0.1, 0.15) is 60.8 Å². The molecule has 1 aliphatic carbocycles. The van der Waals surface area contributed by atoms with Crippen LogP contribution in [0.2, 0.25) is 0 Å². The van der Waals surface area contributed by atoms with Crippen molar-refractivity contribution in [1.29, 1.82) is 0 Å². The molecule has 206 valence electrons. The van der Waals surface area contributed by atoms with E-state index < -0.39 is 5.92 Å². The second kappa shape index (κ2) is 11.4. The van der Waals surface area contributed by atoms with Crippen LogP contribution >= 0.6 is 0 Å². The zero-order valence-electron chi connectivity index (χ0n) is 23.8. The van der Waals surface area contributed by atoms with E-state index in [1.165, 1.54) is 5.56 Å². The molecule has 2 aliphatic rings. The average Bonchev–Trinajstić information content (AvgIpc) is 2.97. The minimum atomic E-state index is -0.454. The molecule has 0 aromatic heterocycles. The van der Waals surface area contributed by atoms with Crippen molar-refractivity contribution in [3.05, 3.63) is 112 Å². The first-order valence-corrected chi connectivity index (χ1v) is 13.8. The molecule has 1 amide bonds. The van der Waals surface area contributed by atoms with Crippen LogP contribution in [0.5, 0.6) is 11.5 Å². The van der Waals surface area contributed by atoms with E-state index in [0.29, 0.717) is 35.5 Å². The van der Waals surface area contributed by atoms with Crippen LogP contribution in [0, 0.1) is 6.92 Å². The molecule has 0 radical (unpaired) electrons. The number of carbonyl (C=O) groups excluding carboxylic acids is 2. The summed E-state index contributed by atoms with van der Waals surface area (Å²) in [5.41, 5.74) is 7.81. The Labute approximate surface area is 236 Å².